The number of nitriles is 1. The van der Waals surface area contributed by atoms with Crippen molar-refractivity contribution in [2.45, 2.75) is 52.9 Å². The molecule has 0 heterocycles. The highest BCUT2D eigenvalue weighted by molar-refractivity contribution is 5.02. The average molecular weight is 209 g/mol. The van der Waals surface area contributed by atoms with Gasteiger partial charge in [0.2, 0.25) is 0 Å². The molecule has 0 N–H and O–H groups in total. The second-order valence-electron chi connectivity index (χ2n) is 5.50. The van der Waals surface area contributed by atoms with Gasteiger partial charge in [-0.15, -0.1) is 0 Å². The van der Waals surface area contributed by atoms with Gasteiger partial charge >= 0.3 is 0 Å². The van der Waals surface area contributed by atoms with Gasteiger partial charge < -0.3 is 4.74 Å². The van der Waals surface area contributed by atoms with E-state index < -0.39 is 0 Å². The molecule has 0 aromatic rings. The van der Waals surface area contributed by atoms with Crippen LogP contribution in [0, 0.1) is 22.2 Å². The maximum Gasteiger partial charge on any atom is 0.0690 e. The lowest BCUT2D eigenvalue weighted by Gasteiger charge is -2.39. The minimum atomic E-state index is -0.0926. The summed E-state index contributed by atoms with van der Waals surface area (Å²) >= 11 is 0. The first-order chi connectivity index (χ1) is 7.04. The molecule has 1 fully saturated rings. The molecule has 1 rings (SSSR count). The molecule has 86 valence electrons. The summed E-state index contributed by atoms with van der Waals surface area (Å²) in [6.07, 6.45) is 5.35. The van der Waals surface area contributed by atoms with Crippen LogP contribution in [0.5, 0.6) is 0 Å². The SMILES string of the molecule is CCOCCC1(C#N)CCC(C)(C)CC1. The predicted molar refractivity (Wildman–Crippen MR) is 61.4 cm³/mol. The summed E-state index contributed by atoms with van der Waals surface area (Å²) in [5, 5.41) is 9.31. The molecular weight excluding hydrogens is 186 g/mol. The Labute approximate surface area is 93.6 Å². The summed E-state index contributed by atoms with van der Waals surface area (Å²) in [5.74, 6) is 0. The van der Waals surface area contributed by atoms with Crippen LogP contribution in [0.4, 0.5) is 0 Å². The van der Waals surface area contributed by atoms with Gasteiger partial charge in [-0.2, -0.15) is 5.26 Å². The van der Waals surface area contributed by atoms with E-state index in [1.165, 1.54) is 12.8 Å². The van der Waals surface area contributed by atoms with E-state index in [4.69, 9.17) is 4.74 Å². The lowest BCUT2D eigenvalue weighted by Crippen LogP contribution is -2.31. The average Bonchev–Trinajstić information content (AvgIpc) is 2.22. The molecule has 0 saturated heterocycles. The molecule has 0 bridgehead atoms. The molecule has 1 saturated carbocycles. The lowest BCUT2D eigenvalue weighted by atomic mass is 9.64. The fourth-order valence-corrected chi connectivity index (χ4v) is 2.23. The van der Waals surface area contributed by atoms with Crippen molar-refractivity contribution < 1.29 is 4.74 Å². The third-order valence-corrected chi connectivity index (χ3v) is 3.73. The van der Waals surface area contributed by atoms with Gasteiger partial charge in [-0.25, -0.2) is 0 Å². The second-order valence-corrected chi connectivity index (χ2v) is 5.50. The maximum absolute atomic E-state index is 9.31. The Morgan fingerprint density at radius 2 is 1.80 bits per heavy atom. The van der Waals surface area contributed by atoms with E-state index in [0.29, 0.717) is 5.41 Å². The molecule has 0 atom stereocenters. The van der Waals surface area contributed by atoms with E-state index in [9.17, 15) is 5.26 Å². The second kappa shape index (κ2) is 4.99. The molecular formula is C13H23NO. The van der Waals surface area contributed by atoms with Crippen LogP contribution in [0.1, 0.15) is 52.9 Å². The molecule has 2 nitrogen and oxygen atoms in total. The van der Waals surface area contributed by atoms with Crippen molar-refractivity contribution in [1.82, 2.24) is 0 Å². The first-order valence-corrected chi connectivity index (χ1v) is 6.03. The summed E-state index contributed by atoms with van der Waals surface area (Å²) < 4.78 is 5.36. The predicted octanol–water partition coefficient (Wildman–Crippen LogP) is 3.52. The smallest absolute Gasteiger partial charge is 0.0690 e. The highest BCUT2D eigenvalue weighted by atomic mass is 16.5. The normalized spacial score (nSPS) is 23.3. The monoisotopic (exact) mass is 209 g/mol. The Morgan fingerprint density at radius 1 is 1.20 bits per heavy atom. The van der Waals surface area contributed by atoms with Gasteiger partial charge in [0.1, 0.15) is 0 Å². The standard InChI is InChI=1S/C13H23NO/c1-4-15-10-9-13(11-14)7-5-12(2,3)6-8-13/h4-10H2,1-3H3. The Balaban J connectivity index is 2.46. The van der Waals surface area contributed by atoms with E-state index in [1.54, 1.807) is 0 Å². The van der Waals surface area contributed by atoms with E-state index >= 15 is 0 Å². The van der Waals surface area contributed by atoms with E-state index in [0.717, 1.165) is 32.5 Å². The molecule has 0 radical (unpaired) electrons. The first kappa shape index (κ1) is 12.5. The van der Waals surface area contributed by atoms with Gasteiger partial charge in [-0.05, 0) is 44.4 Å². The van der Waals surface area contributed by atoms with Gasteiger partial charge in [0.05, 0.1) is 11.5 Å². The Bertz CT molecular complexity index is 229. The van der Waals surface area contributed by atoms with Crippen molar-refractivity contribution in [3.63, 3.8) is 0 Å². The molecule has 15 heavy (non-hydrogen) atoms. The number of rotatable bonds is 4. The Kier molecular flexibility index (Phi) is 4.16. The van der Waals surface area contributed by atoms with Crippen molar-refractivity contribution >= 4 is 0 Å². The maximum atomic E-state index is 9.31. The summed E-state index contributed by atoms with van der Waals surface area (Å²) in [6.45, 7) is 8.11. The van der Waals surface area contributed by atoms with Crippen LogP contribution in [0.2, 0.25) is 0 Å². The molecule has 0 spiro atoms. The highest BCUT2D eigenvalue weighted by Gasteiger charge is 2.38. The fraction of sp³-hybridized carbons (Fsp3) is 0.923. The van der Waals surface area contributed by atoms with Crippen molar-refractivity contribution in [2.24, 2.45) is 10.8 Å². The molecule has 0 unspecified atom stereocenters. The van der Waals surface area contributed by atoms with E-state index in [-0.39, 0.29) is 5.41 Å². The van der Waals surface area contributed by atoms with Crippen molar-refractivity contribution in [3.05, 3.63) is 0 Å². The number of hydrogen-bond donors (Lipinski definition) is 0. The minimum absolute atomic E-state index is 0.0926. The van der Waals surface area contributed by atoms with Crippen molar-refractivity contribution in [3.8, 4) is 6.07 Å². The largest absolute Gasteiger partial charge is 0.382 e. The third-order valence-electron chi connectivity index (χ3n) is 3.73. The summed E-state index contributed by atoms with van der Waals surface area (Å²) in [7, 11) is 0. The van der Waals surface area contributed by atoms with Crippen LogP contribution in [0.15, 0.2) is 0 Å². The molecule has 0 aliphatic heterocycles. The number of ether oxygens (including phenoxy) is 1. The lowest BCUT2D eigenvalue weighted by molar-refractivity contribution is 0.0809. The van der Waals surface area contributed by atoms with E-state index in [1.807, 2.05) is 6.92 Å². The van der Waals surface area contributed by atoms with Crippen molar-refractivity contribution in [1.29, 1.82) is 5.26 Å². The third kappa shape index (κ3) is 3.50. The molecule has 0 aromatic carbocycles. The summed E-state index contributed by atoms with van der Waals surface area (Å²) in [5.41, 5.74) is 0.344. The highest BCUT2D eigenvalue weighted by Crippen LogP contribution is 2.46. The molecule has 2 heteroatoms. The summed E-state index contributed by atoms with van der Waals surface area (Å²) in [6, 6.07) is 2.53. The molecule has 0 amide bonds. The van der Waals surface area contributed by atoms with Crippen LogP contribution in [0.3, 0.4) is 0 Å². The minimum Gasteiger partial charge on any atom is -0.382 e. The van der Waals surface area contributed by atoms with Crippen LogP contribution in [0.25, 0.3) is 0 Å². The zero-order valence-corrected chi connectivity index (χ0v) is 10.3. The molecule has 1 aliphatic carbocycles. The number of nitrogens with zero attached hydrogens (tertiary/aromatic N) is 1. The van der Waals surface area contributed by atoms with Crippen LogP contribution < -0.4 is 0 Å². The van der Waals surface area contributed by atoms with Crippen LogP contribution in [-0.2, 0) is 4.74 Å². The van der Waals surface area contributed by atoms with Crippen molar-refractivity contribution in [2.75, 3.05) is 13.2 Å². The quantitative estimate of drug-likeness (QED) is 0.664. The van der Waals surface area contributed by atoms with Gasteiger partial charge in [0.15, 0.2) is 0 Å². The van der Waals surface area contributed by atoms with Gasteiger partial charge in [0, 0.05) is 13.2 Å². The zero-order valence-electron chi connectivity index (χ0n) is 10.3. The van der Waals surface area contributed by atoms with Gasteiger partial charge in [-0.3, -0.25) is 0 Å². The zero-order chi connectivity index (χ0) is 11.4. The summed E-state index contributed by atoms with van der Waals surface area (Å²) in [4.78, 5) is 0. The molecule has 0 aromatic heterocycles. The van der Waals surface area contributed by atoms with Crippen LogP contribution >= 0.6 is 0 Å². The van der Waals surface area contributed by atoms with Crippen LogP contribution in [-0.4, -0.2) is 13.2 Å². The Hall–Kier alpha value is -0.550. The van der Waals surface area contributed by atoms with Gasteiger partial charge in [-0.1, -0.05) is 13.8 Å². The Morgan fingerprint density at radius 3 is 2.27 bits per heavy atom. The van der Waals surface area contributed by atoms with Gasteiger partial charge in [0.25, 0.3) is 0 Å². The first-order valence-electron chi connectivity index (χ1n) is 6.03. The number of hydrogen-bond acceptors (Lipinski definition) is 2. The fourth-order valence-electron chi connectivity index (χ4n) is 2.23. The van der Waals surface area contributed by atoms with E-state index in [2.05, 4.69) is 19.9 Å². The molecule has 1 aliphatic rings. The topological polar surface area (TPSA) is 33.0 Å².